The van der Waals surface area contributed by atoms with Crippen LogP contribution in [-0.4, -0.2) is 9.55 Å². The molecule has 5 nitrogen and oxygen atoms in total. The molecule has 1 heterocycles. The molecular formula is C30H22N4O. The van der Waals surface area contributed by atoms with Crippen LogP contribution < -0.4 is 0 Å². The zero-order valence-electron chi connectivity index (χ0n) is 19.2. The number of rotatable bonds is 6. The fourth-order valence-corrected chi connectivity index (χ4v) is 4.35. The quantitative estimate of drug-likeness (QED) is 0.302. The summed E-state index contributed by atoms with van der Waals surface area (Å²) in [6.45, 7) is 0.347. The summed E-state index contributed by atoms with van der Waals surface area (Å²) in [5, 5.41) is 21.2. The van der Waals surface area contributed by atoms with Crippen molar-refractivity contribution in [2.75, 3.05) is 0 Å². The molecule has 0 aliphatic heterocycles. The molecule has 0 bridgehead atoms. The molecule has 0 saturated carbocycles. The topological polar surface area (TPSA) is 74.6 Å². The van der Waals surface area contributed by atoms with E-state index in [4.69, 9.17) is 10.00 Å². The largest absolute Gasteiger partial charge is 0.363 e. The van der Waals surface area contributed by atoms with Gasteiger partial charge in [-0.25, -0.2) is 4.98 Å². The Labute approximate surface area is 204 Å². The number of hydrogen-bond acceptors (Lipinski definition) is 4. The van der Waals surface area contributed by atoms with E-state index in [-0.39, 0.29) is 6.10 Å². The maximum atomic E-state index is 9.79. The molecule has 0 aliphatic carbocycles. The van der Waals surface area contributed by atoms with Crippen LogP contribution in [0, 0.1) is 22.7 Å². The lowest BCUT2D eigenvalue weighted by molar-refractivity contribution is 0.0622. The Morgan fingerprint density at radius 2 is 1.69 bits per heavy atom. The van der Waals surface area contributed by atoms with Gasteiger partial charge in [0.05, 0.1) is 48.1 Å². The number of fused-ring (bicyclic) bond motifs is 1. The van der Waals surface area contributed by atoms with Gasteiger partial charge in [0.1, 0.15) is 6.10 Å². The van der Waals surface area contributed by atoms with E-state index in [9.17, 15) is 5.26 Å². The van der Waals surface area contributed by atoms with Crippen molar-refractivity contribution in [1.29, 1.82) is 10.5 Å². The van der Waals surface area contributed by atoms with Gasteiger partial charge in [0.2, 0.25) is 0 Å². The van der Waals surface area contributed by atoms with Gasteiger partial charge in [0.25, 0.3) is 0 Å². The first-order valence-electron chi connectivity index (χ1n) is 11.3. The Bertz CT molecular complexity index is 1580. The molecule has 5 heteroatoms. The summed E-state index contributed by atoms with van der Waals surface area (Å²) >= 11 is 0. The maximum absolute atomic E-state index is 9.79. The monoisotopic (exact) mass is 454 g/mol. The lowest BCUT2D eigenvalue weighted by atomic mass is 9.93. The highest BCUT2D eigenvalue weighted by atomic mass is 16.5. The van der Waals surface area contributed by atoms with E-state index in [0.29, 0.717) is 17.7 Å². The molecule has 0 aliphatic rings. The summed E-state index contributed by atoms with van der Waals surface area (Å²) in [5.74, 6) is 0. The van der Waals surface area contributed by atoms with Crippen molar-refractivity contribution in [3.05, 3.63) is 125 Å². The molecule has 1 aromatic heterocycles. The average Bonchev–Trinajstić information content (AvgIpc) is 3.34. The van der Waals surface area contributed by atoms with Crippen LogP contribution in [0.5, 0.6) is 0 Å². The number of imidazole rings is 1. The van der Waals surface area contributed by atoms with Gasteiger partial charge in [-0.3, -0.25) is 0 Å². The SMILES string of the molecule is Cn1cncc1C(OCc1ccc(C#N)c(-c2cccc3ccccc23)c1)c1ccc(C#N)cc1. The average molecular weight is 455 g/mol. The minimum atomic E-state index is -0.355. The Kier molecular flexibility index (Phi) is 6.09. The second-order valence-corrected chi connectivity index (χ2v) is 8.37. The van der Waals surface area contributed by atoms with E-state index < -0.39 is 0 Å². The minimum absolute atomic E-state index is 0.347. The van der Waals surface area contributed by atoms with Crippen molar-refractivity contribution in [3.8, 4) is 23.3 Å². The first kappa shape index (κ1) is 22.1. The first-order valence-corrected chi connectivity index (χ1v) is 11.3. The van der Waals surface area contributed by atoms with Gasteiger partial charge in [-0.05, 0) is 51.7 Å². The number of nitrogens with zero attached hydrogens (tertiary/aromatic N) is 4. The predicted octanol–water partition coefficient (Wildman–Crippen LogP) is 6.29. The normalized spacial score (nSPS) is 11.6. The zero-order valence-corrected chi connectivity index (χ0v) is 19.2. The molecule has 0 amide bonds. The van der Waals surface area contributed by atoms with Crippen LogP contribution in [0.2, 0.25) is 0 Å². The summed E-state index contributed by atoms with van der Waals surface area (Å²) in [6.07, 6.45) is 3.19. The van der Waals surface area contributed by atoms with Crippen LogP contribution in [-0.2, 0) is 18.4 Å². The summed E-state index contributed by atoms with van der Waals surface area (Å²) in [5.41, 5.74) is 5.96. The Hall–Kier alpha value is -4.71. The van der Waals surface area contributed by atoms with Gasteiger partial charge in [0.15, 0.2) is 0 Å². The van der Waals surface area contributed by atoms with Crippen LogP contribution in [0.15, 0.2) is 97.5 Å². The van der Waals surface area contributed by atoms with Crippen LogP contribution >= 0.6 is 0 Å². The highest BCUT2D eigenvalue weighted by Gasteiger charge is 2.19. The summed E-state index contributed by atoms with van der Waals surface area (Å²) in [7, 11) is 1.93. The molecule has 1 unspecified atom stereocenters. The first-order chi connectivity index (χ1) is 17.2. The summed E-state index contributed by atoms with van der Waals surface area (Å²) < 4.78 is 8.37. The van der Waals surface area contributed by atoms with Crippen molar-refractivity contribution in [1.82, 2.24) is 9.55 Å². The Morgan fingerprint density at radius 3 is 2.43 bits per heavy atom. The third-order valence-electron chi connectivity index (χ3n) is 6.17. The molecular weight excluding hydrogens is 432 g/mol. The molecule has 168 valence electrons. The highest BCUT2D eigenvalue weighted by Crippen LogP contribution is 2.33. The molecule has 5 aromatic rings. The number of aromatic nitrogens is 2. The standard InChI is InChI=1S/C30H22N4O/c1-34-20-33-18-29(34)30(24-12-9-21(16-31)10-13-24)35-19-22-11-14-25(17-32)28(15-22)27-8-4-6-23-5-2-3-7-26(23)27/h2-15,18,20,30H,19H2,1H3. The van der Waals surface area contributed by atoms with Gasteiger partial charge in [0, 0.05) is 12.6 Å². The second kappa shape index (κ2) is 9.65. The number of benzene rings is 4. The van der Waals surface area contributed by atoms with Crippen LogP contribution in [0.25, 0.3) is 21.9 Å². The van der Waals surface area contributed by atoms with Crippen LogP contribution in [0.3, 0.4) is 0 Å². The van der Waals surface area contributed by atoms with Gasteiger partial charge < -0.3 is 9.30 Å². The fraction of sp³-hybridized carbons (Fsp3) is 0.100. The van der Waals surface area contributed by atoms with E-state index in [1.807, 2.05) is 60.1 Å². The van der Waals surface area contributed by atoms with Crippen LogP contribution in [0.4, 0.5) is 0 Å². The molecule has 0 N–H and O–H groups in total. The third kappa shape index (κ3) is 4.42. The Morgan fingerprint density at radius 1 is 0.886 bits per heavy atom. The maximum Gasteiger partial charge on any atom is 0.124 e. The van der Waals surface area contributed by atoms with Crippen molar-refractivity contribution < 1.29 is 4.74 Å². The zero-order chi connectivity index (χ0) is 24.2. The molecule has 5 rings (SSSR count). The smallest absolute Gasteiger partial charge is 0.124 e. The second-order valence-electron chi connectivity index (χ2n) is 8.37. The molecule has 0 spiro atoms. The van der Waals surface area contributed by atoms with E-state index in [1.165, 1.54) is 0 Å². The Balaban J connectivity index is 1.50. The van der Waals surface area contributed by atoms with Crippen LogP contribution in [0.1, 0.15) is 34.1 Å². The highest BCUT2D eigenvalue weighted by molar-refractivity contribution is 5.97. The molecule has 0 fully saturated rings. The van der Waals surface area contributed by atoms with Crippen molar-refractivity contribution in [2.45, 2.75) is 12.7 Å². The lowest BCUT2D eigenvalue weighted by Gasteiger charge is -2.20. The van der Waals surface area contributed by atoms with E-state index in [2.05, 4.69) is 41.4 Å². The summed E-state index contributed by atoms with van der Waals surface area (Å²) in [6, 6.07) is 32.1. The third-order valence-corrected chi connectivity index (χ3v) is 6.17. The fourth-order valence-electron chi connectivity index (χ4n) is 4.35. The molecule has 4 aromatic carbocycles. The van der Waals surface area contributed by atoms with Gasteiger partial charge in [-0.2, -0.15) is 10.5 Å². The van der Waals surface area contributed by atoms with Crippen molar-refractivity contribution in [3.63, 3.8) is 0 Å². The minimum Gasteiger partial charge on any atom is -0.363 e. The number of hydrogen-bond donors (Lipinski definition) is 0. The lowest BCUT2D eigenvalue weighted by Crippen LogP contribution is -2.10. The molecule has 0 radical (unpaired) electrons. The molecule has 0 saturated heterocycles. The number of aryl methyl sites for hydroxylation is 1. The van der Waals surface area contributed by atoms with Crippen molar-refractivity contribution in [2.24, 2.45) is 7.05 Å². The van der Waals surface area contributed by atoms with E-state index in [1.54, 1.807) is 24.7 Å². The number of nitriles is 2. The van der Waals surface area contributed by atoms with Gasteiger partial charge in [-0.15, -0.1) is 0 Å². The summed E-state index contributed by atoms with van der Waals surface area (Å²) in [4.78, 5) is 4.26. The van der Waals surface area contributed by atoms with Gasteiger partial charge in [-0.1, -0.05) is 60.7 Å². The predicted molar refractivity (Wildman–Crippen MR) is 135 cm³/mol. The molecule has 1 atom stereocenters. The number of ether oxygens (including phenoxy) is 1. The van der Waals surface area contributed by atoms with E-state index >= 15 is 0 Å². The van der Waals surface area contributed by atoms with Crippen molar-refractivity contribution >= 4 is 10.8 Å². The molecule has 35 heavy (non-hydrogen) atoms. The van der Waals surface area contributed by atoms with Gasteiger partial charge >= 0.3 is 0 Å². The van der Waals surface area contributed by atoms with E-state index in [0.717, 1.165) is 38.7 Å².